The van der Waals surface area contributed by atoms with Crippen LogP contribution in [-0.2, 0) is 10.0 Å². The second-order valence-electron chi connectivity index (χ2n) is 5.63. The van der Waals surface area contributed by atoms with Gasteiger partial charge in [0.25, 0.3) is 10.0 Å². The molecule has 0 bridgehead atoms. The van der Waals surface area contributed by atoms with Crippen LogP contribution in [0.1, 0.15) is 0 Å². The number of pyridine rings is 1. The van der Waals surface area contributed by atoms with Gasteiger partial charge in [-0.2, -0.15) is 8.42 Å². The summed E-state index contributed by atoms with van der Waals surface area (Å²) in [6.45, 7) is 0. The van der Waals surface area contributed by atoms with Gasteiger partial charge in [-0.15, -0.1) is 16.2 Å². The Hall–Kier alpha value is -2.64. The molecule has 2 heterocycles. The summed E-state index contributed by atoms with van der Waals surface area (Å²) in [5.74, 6) is 0. The molecule has 2 aromatic heterocycles. The minimum Gasteiger partial charge on any atom is -0.285 e. The number of rotatable bonds is 3. The van der Waals surface area contributed by atoms with Crippen molar-refractivity contribution in [2.45, 2.75) is 9.92 Å². The van der Waals surface area contributed by atoms with Crippen molar-refractivity contribution in [1.82, 2.24) is 9.38 Å². The number of thioether (sulfide) groups is 1. The van der Waals surface area contributed by atoms with Crippen molar-refractivity contribution in [2.75, 3.05) is 6.26 Å². The lowest BCUT2D eigenvalue weighted by molar-refractivity contribution is 0.596. The summed E-state index contributed by atoms with van der Waals surface area (Å²) >= 11 is 1.45. The second-order valence-corrected chi connectivity index (χ2v) is 8.06. The highest BCUT2D eigenvalue weighted by Crippen LogP contribution is 2.20. The molecule has 0 amide bonds. The van der Waals surface area contributed by atoms with Crippen LogP contribution >= 0.6 is 11.8 Å². The molecule has 26 heavy (non-hydrogen) atoms. The van der Waals surface area contributed by atoms with Crippen LogP contribution in [0.4, 0.5) is 0 Å². The monoisotopic (exact) mass is 381 g/mol. The van der Waals surface area contributed by atoms with Gasteiger partial charge < -0.3 is 0 Å². The van der Waals surface area contributed by atoms with Crippen molar-refractivity contribution in [3.05, 3.63) is 78.4 Å². The van der Waals surface area contributed by atoms with Gasteiger partial charge >= 0.3 is 0 Å². The molecular formula is C19H15N3O2S2. The highest BCUT2D eigenvalue weighted by atomic mass is 32.2. The first kappa shape index (κ1) is 16.8. The second kappa shape index (κ2) is 6.59. The zero-order valence-electron chi connectivity index (χ0n) is 13.9. The van der Waals surface area contributed by atoms with Crippen LogP contribution in [0.5, 0.6) is 0 Å². The lowest BCUT2D eigenvalue weighted by Crippen LogP contribution is -2.18. The van der Waals surface area contributed by atoms with Gasteiger partial charge in [0.1, 0.15) is 10.7 Å². The maximum Gasteiger partial charge on any atom is 0.284 e. The largest absolute Gasteiger partial charge is 0.285 e. The third-order valence-corrected chi connectivity index (χ3v) is 5.94. The summed E-state index contributed by atoms with van der Waals surface area (Å²) in [6.07, 6.45) is 3.70. The molecule has 0 aliphatic heterocycles. The average Bonchev–Trinajstić information content (AvgIpc) is 2.68. The third kappa shape index (κ3) is 3.00. The van der Waals surface area contributed by atoms with Crippen molar-refractivity contribution >= 4 is 38.2 Å². The molecule has 0 spiro atoms. The summed E-state index contributed by atoms with van der Waals surface area (Å²) in [5, 5.41) is 2.69. The smallest absolute Gasteiger partial charge is 0.284 e. The van der Waals surface area contributed by atoms with Crippen LogP contribution in [0, 0.1) is 0 Å². The summed E-state index contributed by atoms with van der Waals surface area (Å²) in [6, 6.07) is 19.7. The fourth-order valence-electron chi connectivity index (χ4n) is 2.76. The summed E-state index contributed by atoms with van der Waals surface area (Å²) in [5.41, 5.74) is 1.01. The summed E-state index contributed by atoms with van der Waals surface area (Å²) in [4.78, 5) is 4.82. The fraction of sp³-hybridized carbons (Fsp3) is 0.0526. The Balaban J connectivity index is 2.08. The van der Waals surface area contributed by atoms with Crippen molar-refractivity contribution in [1.29, 1.82) is 0 Å². The number of hydrogen-bond acceptors (Lipinski definition) is 4. The summed E-state index contributed by atoms with van der Waals surface area (Å²) in [7, 11) is -3.82. The van der Waals surface area contributed by atoms with Crippen LogP contribution < -0.4 is 5.49 Å². The highest BCUT2D eigenvalue weighted by molar-refractivity contribution is 7.98. The molecule has 4 rings (SSSR count). The molecule has 0 fully saturated rings. The van der Waals surface area contributed by atoms with Gasteiger partial charge in [-0.3, -0.25) is 4.40 Å². The fourth-order valence-corrected chi connectivity index (χ4v) is 4.15. The molecule has 0 saturated heterocycles. The molecule has 0 saturated carbocycles. The van der Waals surface area contributed by atoms with Crippen LogP contribution in [-0.4, -0.2) is 24.1 Å². The van der Waals surface area contributed by atoms with Gasteiger partial charge in [-0.05, 0) is 29.8 Å². The molecule has 0 aliphatic rings. The Morgan fingerprint density at radius 3 is 2.50 bits per heavy atom. The predicted molar refractivity (Wildman–Crippen MR) is 104 cm³/mol. The van der Waals surface area contributed by atoms with Crippen molar-refractivity contribution < 1.29 is 8.42 Å². The first-order valence-electron chi connectivity index (χ1n) is 7.90. The molecule has 130 valence electrons. The van der Waals surface area contributed by atoms with E-state index in [0.29, 0.717) is 16.2 Å². The maximum atomic E-state index is 12.7. The Labute approximate surface area is 155 Å². The van der Waals surface area contributed by atoms with Crippen molar-refractivity contribution in [3.63, 3.8) is 0 Å². The average molecular weight is 381 g/mol. The SMILES string of the molecule is CSc1cc(=NS(=O)(=O)c2ccccc2)n2ccc3ccccc3c2n1. The van der Waals surface area contributed by atoms with Crippen LogP contribution in [0.3, 0.4) is 0 Å². The topological polar surface area (TPSA) is 63.8 Å². The first-order valence-corrected chi connectivity index (χ1v) is 10.6. The Morgan fingerprint density at radius 2 is 1.73 bits per heavy atom. The van der Waals surface area contributed by atoms with Crippen LogP contribution in [0.25, 0.3) is 16.4 Å². The zero-order chi connectivity index (χ0) is 18.1. The number of fused-ring (bicyclic) bond motifs is 3. The molecule has 4 aromatic rings. The number of aromatic nitrogens is 2. The van der Waals surface area contributed by atoms with Gasteiger partial charge in [0.15, 0.2) is 5.49 Å². The molecular weight excluding hydrogens is 366 g/mol. The lowest BCUT2D eigenvalue weighted by Gasteiger charge is -2.08. The van der Waals surface area contributed by atoms with Crippen molar-refractivity contribution in [2.24, 2.45) is 4.40 Å². The van der Waals surface area contributed by atoms with E-state index in [1.54, 1.807) is 34.9 Å². The molecule has 0 N–H and O–H groups in total. The van der Waals surface area contributed by atoms with E-state index < -0.39 is 10.0 Å². The Kier molecular flexibility index (Phi) is 4.26. The highest BCUT2D eigenvalue weighted by Gasteiger charge is 2.13. The quantitative estimate of drug-likeness (QED) is 0.310. The molecule has 0 aliphatic carbocycles. The molecule has 0 atom stereocenters. The van der Waals surface area contributed by atoms with E-state index in [1.165, 1.54) is 23.9 Å². The van der Waals surface area contributed by atoms with E-state index in [1.807, 2.05) is 36.6 Å². The molecule has 2 aromatic carbocycles. The normalized spacial score (nSPS) is 12.7. The van der Waals surface area contributed by atoms with E-state index in [9.17, 15) is 8.42 Å². The van der Waals surface area contributed by atoms with Gasteiger partial charge in [0.2, 0.25) is 0 Å². The summed E-state index contributed by atoms with van der Waals surface area (Å²) < 4.78 is 31.2. The van der Waals surface area contributed by atoms with E-state index >= 15 is 0 Å². The van der Waals surface area contributed by atoms with E-state index in [2.05, 4.69) is 9.38 Å². The van der Waals surface area contributed by atoms with Crippen LogP contribution in [0.15, 0.2) is 87.2 Å². The number of nitrogens with zero attached hydrogens (tertiary/aromatic N) is 3. The van der Waals surface area contributed by atoms with Gasteiger partial charge in [0, 0.05) is 17.6 Å². The van der Waals surface area contributed by atoms with Gasteiger partial charge in [-0.25, -0.2) is 4.98 Å². The van der Waals surface area contributed by atoms with E-state index in [4.69, 9.17) is 0 Å². The minimum absolute atomic E-state index is 0.164. The van der Waals surface area contributed by atoms with Gasteiger partial charge in [0.05, 0.1) is 4.90 Å². The predicted octanol–water partition coefficient (Wildman–Crippen LogP) is 3.50. The Morgan fingerprint density at radius 1 is 1.00 bits per heavy atom. The lowest BCUT2D eigenvalue weighted by atomic mass is 10.2. The third-order valence-electron chi connectivity index (χ3n) is 4.01. The molecule has 0 radical (unpaired) electrons. The molecule has 0 unspecified atom stereocenters. The van der Waals surface area contributed by atoms with Crippen LogP contribution in [0.2, 0.25) is 0 Å². The molecule has 7 heteroatoms. The Bertz CT molecular complexity index is 1280. The van der Waals surface area contributed by atoms with E-state index in [0.717, 1.165) is 10.8 Å². The first-order chi connectivity index (χ1) is 12.6. The number of hydrogen-bond donors (Lipinski definition) is 0. The standard InChI is InChI=1S/C19H15N3O2S2/c1-25-18-13-17(21-26(23,24)15-8-3-2-4-9-15)22-12-11-14-7-5-6-10-16(14)19(22)20-18/h2-13H,1H3. The van der Waals surface area contributed by atoms with Crippen molar-refractivity contribution in [3.8, 4) is 0 Å². The molecule has 5 nitrogen and oxygen atoms in total. The van der Waals surface area contributed by atoms with Gasteiger partial charge in [-0.1, -0.05) is 42.5 Å². The maximum absolute atomic E-state index is 12.7. The number of benzene rings is 2. The minimum atomic E-state index is -3.82. The van der Waals surface area contributed by atoms with E-state index in [-0.39, 0.29) is 4.90 Å². The number of sulfonamides is 1. The zero-order valence-corrected chi connectivity index (χ0v) is 15.5.